The summed E-state index contributed by atoms with van der Waals surface area (Å²) < 4.78 is 39.1. The number of benzene rings is 1. The second-order valence-electron chi connectivity index (χ2n) is 14.1. The number of alkyl carbamates (subject to hydrolysis) is 1. The third kappa shape index (κ3) is 11.3. The van der Waals surface area contributed by atoms with Crippen molar-refractivity contribution in [3.05, 3.63) is 35.6 Å². The number of amides is 1. The Labute approximate surface area is 349 Å². The molecule has 1 amide bonds. The lowest BCUT2D eigenvalue weighted by molar-refractivity contribution is -0.367. The molecule has 0 aliphatic carbocycles. The van der Waals surface area contributed by atoms with Crippen LogP contribution in [0, 0.1) is 5.53 Å². The molecule has 3 saturated heterocycles. The van der Waals surface area contributed by atoms with E-state index in [2.05, 4.69) is 20.7 Å². The van der Waals surface area contributed by atoms with Gasteiger partial charge in [-0.15, -0.1) is 11.3 Å². The lowest BCUT2D eigenvalue weighted by Gasteiger charge is -2.48. The quantitative estimate of drug-likeness (QED) is 0.0587. The molecule has 1 aromatic carbocycles. The molecular formula is C34H50N6O20S. The number of rotatable bonds is 19. The highest BCUT2D eigenvalue weighted by Crippen LogP contribution is 2.36. The molecule has 5 unspecified atom stereocenters. The summed E-state index contributed by atoms with van der Waals surface area (Å²) in [6.45, 7) is -3.61. The number of hydrogen-bond donors (Lipinski definition) is 15. The molecule has 27 heteroatoms. The molecule has 5 rings (SSSR count). The maximum atomic E-state index is 12.9. The van der Waals surface area contributed by atoms with Gasteiger partial charge in [0, 0.05) is 24.9 Å². The van der Waals surface area contributed by atoms with Gasteiger partial charge in [-0.25, -0.2) is 20.1 Å². The molecule has 0 saturated carbocycles. The SMILES string of the molecule is N=N/C(=C\Nc1ccc2scnc2c1)COC(=O)N[C@H]1C([C@H](O)[C@H](O)CO)O[C@@](OCC2O[C@@H](O[C@@H]3C(CO)O[C@@H](OCCN)C(O)[C@@H]3O)C(O)[C@@H](O)[C@H]2O)(C(=O)O)C[C@H]1O. The van der Waals surface area contributed by atoms with Crippen LogP contribution in [-0.2, 0) is 38.0 Å². The first-order valence-corrected chi connectivity index (χ1v) is 19.5. The molecule has 26 nitrogen and oxygen atoms in total. The lowest BCUT2D eigenvalue weighted by Crippen LogP contribution is -2.68. The van der Waals surface area contributed by atoms with Gasteiger partial charge in [-0.1, -0.05) is 0 Å². The van der Waals surface area contributed by atoms with Gasteiger partial charge in [0.1, 0.15) is 79.4 Å². The second-order valence-corrected chi connectivity index (χ2v) is 15.0. The smallest absolute Gasteiger partial charge is 0.407 e. The third-order valence-electron chi connectivity index (χ3n) is 9.99. The topological polar surface area (TPSA) is 420 Å². The maximum Gasteiger partial charge on any atom is 0.407 e. The first-order valence-electron chi connectivity index (χ1n) is 18.7. The van der Waals surface area contributed by atoms with Crippen molar-refractivity contribution < 1.29 is 98.9 Å². The largest absolute Gasteiger partial charge is 0.477 e. The minimum absolute atomic E-state index is 0.0272. The molecule has 0 spiro atoms. The highest BCUT2D eigenvalue weighted by atomic mass is 32.1. The zero-order valence-electron chi connectivity index (χ0n) is 32.0. The van der Waals surface area contributed by atoms with E-state index < -0.39 is 143 Å². The van der Waals surface area contributed by atoms with Crippen LogP contribution in [0.15, 0.2) is 40.7 Å². The van der Waals surface area contributed by atoms with Crippen LogP contribution in [0.5, 0.6) is 0 Å². The standard InChI is InChI=1S/C34H50N6O20S/c35-3-4-54-30-27(50)25(48)28(18(9-42)57-30)59-31-26(49)24(47)23(46)19(58-31)11-56-34(32(51)52)6-16(43)21(29(60-34)22(45)17(44)8-41)39-33(53)55-10-14(40-36)7-37-13-1-2-20-15(5-13)38-12-61-20/h1-2,5,7,12,16-19,21-31,36-37,41-50H,3-4,6,8-11,35H2,(H,39,53)(H,51,52)/b14-7-,40-36?/t16-,17-,18?,19?,21-,22-,23+,24+,25+,26?,27?,28-,29?,30-,31+,34-/m1/s1. The zero-order valence-corrected chi connectivity index (χ0v) is 32.8. The van der Waals surface area contributed by atoms with Crippen LogP contribution in [-0.4, -0.2) is 210 Å². The number of thiazole rings is 1. The fraction of sp³-hybridized carbons (Fsp3) is 0.676. The number of carboxylic acids is 1. The van der Waals surface area contributed by atoms with E-state index in [1.54, 1.807) is 17.6 Å². The summed E-state index contributed by atoms with van der Waals surface area (Å²) in [5, 5.41) is 124. The summed E-state index contributed by atoms with van der Waals surface area (Å²) in [6, 6.07) is 3.53. The zero-order chi connectivity index (χ0) is 44.6. The minimum Gasteiger partial charge on any atom is -0.477 e. The van der Waals surface area contributed by atoms with Crippen LogP contribution in [0.3, 0.4) is 0 Å². The molecule has 1 aromatic heterocycles. The number of aliphatic hydroxyl groups excluding tert-OH is 10. The van der Waals surface area contributed by atoms with E-state index in [1.165, 1.54) is 17.5 Å². The number of aliphatic hydroxyl groups is 10. The Balaban J connectivity index is 1.26. The van der Waals surface area contributed by atoms with Gasteiger partial charge in [0.05, 0.1) is 54.3 Å². The predicted octanol–water partition coefficient (Wildman–Crippen LogP) is -5.06. The summed E-state index contributed by atoms with van der Waals surface area (Å²) in [6.07, 6.45) is -27.3. The molecule has 4 heterocycles. The van der Waals surface area contributed by atoms with Crippen molar-refractivity contribution in [3.8, 4) is 0 Å². The highest BCUT2D eigenvalue weighted by Gasteiger charge is 2.57. The number of aromatic nitrogens is 1. The van der Waals surface area contributed by atoms with Gasteiger partial charge in [-0.05, 0) is 18.2 Å². The number of fused-ring (bicyclic) bond motifs is 1. The van der Waals surface area contributed by atoms with E-state index in [0.717, 1.165) is 4.70 Å². The number of carbonyl (C=O) groups is 2. The minimum atomic E-state index is -2.96. The molecular weight excluding hydrogens is 844 g/mol. The van der Waals surface area contributed by atoms with E-state index in [4.69, 9.17) is 44.4 Å². The van der Waals surface area contributed by atoms with Gasteiger partial charge in [0.15, 0.2) is 12.6 Å². The van der Waals surface area contributed by atoms with Crippen molar-refractivity contribution in [2.75, 3.05) is 44.9 Å². The third-order valence-corrected chi connectivity index (χ3v) is 10.8. The number of nitrogens with one attached hydrogen (secondary N) is 3. The highest BCUT2D eigenvalue weighted by molar-refractivity contribution is 7.16. The van der Waals surface area contributed by atoms with Gasteiger partial charge in [0.2, 0.25) is 0 Å². The normalized spacial score (nSPS) is 35.6. The first kappa shape index (κ1) is 48.3. The monoisotopic (exact) mass is 894 g/mol. The molecule has 16 N–H and O–H groups in total. The molecule has 61 heavy (non-hydrogen) atoms. The average molecular weight is 895 g/mol. The predicted molar refractivity (Wildman–Crippen MR) is 200 cm³/mol. The molecule has 3 aliphatic heterocycles. The van der Waals surface area contributed by atoms with Gasteiger partial charge in [-0.3, -0.25) is 0 Å². The molecule has 342 valence electrons. The fourth-order valence-corrected chi connectivity index (χ4v) is 7.32. The molecule has 0 radical (unpaired) electrons. The van der Waals surface area contributed by atoms with E-state index >= 15 is 0 Å². The number of carbonyl (C=O) groups excluding carboxylic acids is 1. The van der Waals surface area contributed by atoms with Crippen molar-refractivity contribution in [1.82, 2.24) is 10.3 Å². The summed E-state index contributed by atoms with van der Waals surface area (Å²) in [4.78, 5) is 29.9. The Bertz CT molecular complexity index is 1800. The van der Waals surface area contributed by atoms with Crippen molar-refractivity contribution in [2.45, 2.75) is 104 Å². The van der Waals surface area contributed by atoms with E-state index in [9.17, 15) is 65.8 Å². The lowest BCUT2D eigenvalue weighted by atomic mass is 9.88. The van der Waals surface area contributed by atoms with Crippen LogP contribution >= 0.6 is 11.3 Å². The van der Waals surface area contributed by atoms with Crippen molar-refractivity contribution in [1.29, 1.82) is 5.53 Å². The molecule has 3 aliphatic rings. The van der Waals surface area contributed by atoms with Crippen LogP contribution in [0.1, 0.15) is 6.42 Å². The number of anilines is 1. The van der Waals surface area contributed by atoms with Crippen LogP contribution in [0.25, 0.3) is 10.2 Å². The van der Waals surface area contributed by atoms with E-state index in [0.29, 0.717) is 11.2 Å². The van der Waals surface area contributed by atoms with Gasteiger partial charge < -0.3 is 106 Å². The molecule has 3 fully saturated rings. The van der Waals surface area contributed by atoms with Gasteiger partial charge >= 0.3 is 12.1 Å². The number of nitrogens with two attached hydrogens (primary N) is 1. The van der Waals surface area contributed by atoms with E-state index in [1.807, 2.05) is 6.07 Å². The van der Waals surface area contributed by atoms with Gasteiger partial charge in [-0.2, -0.15) is 5.11 Å². The van der Waals surface area contributed by atoms with Crippen LogP contribution < -0.4 is 16.4 Å². The Hall–Kier alpha value is -3.69. The van der Waals surface area contributed by atoms with Crippen molar-refractivity contribution in [3.63, 3.8) is 0 Å². The fourth-order valence-electron chi connectivity index (χ4n) is 6.66. The first-order chi connectivity index (χ1) is 29.1. The Kier molecular flexibility index (Phi) is 17.1. The van der Waals surface area contributed by atoms with E-state index in [-0.39, 0.29) is 18.8 Å². The van der Waals surface area contributed by atoms with Crippen LogP contribution in [0.4, 0.5) is 10.5 Å². The number of carboxylic acid groups (broad SMARTS) is 1. The number of hydrogen-bond acceptors (Lipinski definition) is 25. The Morgan fingerprint density at radius 1 is 1.05 bits per heavy atom. The molecule has 16 atom stereocenters. The second kappa shape index (κ2) is 21.6. The van der Waals surface area contributed by atoms with Crippen molar-refractivity contribution in [2.24, 2.45) is 10.8 Å². The average Bonchev–Trinajstić information content (AvgIpc) is 3.73. The number of nitrogens with zero attached hydrogens (tertiary/aromatic N) is 2. The number of ether oxygens (including phenoxy) is 7. The summed E-state index contributed by atoms with van der Waals surface area (Å²) >= 11 is 1.44. The summed E-state index contributed by atoms with van der Waals surface area (Å²) in [5.41, 5.74) is 15.7. The summed E-state index contributed by atoms with van der Waals surface area (Å²) in [7, 11) is 0. The van der Waals surface area contributed by atoms with Crippen molar-refractivity contribution >= 4 is 39.3 Å². The molecule has 0 bridgehead atoms. The summed E-state index contributed by atoms with van der Waals surface area (Å²) in [5.74, 6) is -4.91. The Morgan fingerprint density at radius 3 is 2.44 bits per heavy atom. The molecule has 2 aromatic rings. The van der Waals surface area contributed by atoms with Crippen LogP contribution in [0.2, 0.25) is 0 Å². The van der Waals surface area contributed by atoms with Gasteiger partial charge in [0.25, 0.3) is 5.79 Å². The maximum absolute atomic E-state index is 12.9. The Morgan fingerprint density at radius 2 is 1.77 bits per heavy atom. The number of aliphatic carboxylic acids is 1.